The highest BCUT2D eigenvalue weighted by molar-refractivity contribution is 5.16. The molecule has 2 heteroatoms. The summed E-state index contributed by atoms with van der Waals surface area (Å²) in [6.07, 6.45) is 5.34. The quantitative estimate of drug-likeness (QED) is 0.696. The van der Waals surface area contributed by atoms with Crippen LogP contribution in [0.15, 0.2) is 30.3 Å². The summed E-state index contributed by atoms with van der Waals surface area (Å²) >= 11 is 0. The minimum Gasteiger partial charge on any atom is -0.374 e. The van der Waals surface area contributed by atoms with Gasteiger partial charge in [0, 0.05) is 12.6 Å². The first-order valence-electron chi connectivity index (χ1n) is 6.76. The molecule has 1 fully saturated rings. The third-order valence-corrected chi connectivity index (χ3v) is 3.22. The van der Waals surface area contributed by atoms with Crippen molar-refractivity contribution in [1.82, 2.24) is 5.32 Å². The first kappa shape index (κ1) is 12.6. The second kappa shape index (κ2) is 6.77. The number of hydrogen-bond donors (Lipinski definition) is 1. The molecule has 2 rings (SSSR count). The third kappa shape index (κ3) is 4.88. The van der Waals surface area contributed by atoms with Crippen LogP contribution in [-0.2, 0) is 4.74 Å². The van der Waals surface area contributed by atoms with Gasteiger partial charge in [0.25, 0.3) is 0 Å². The number of unbranched alkanes of at least 4 members (excludes halogenated alkanes) is 1. The summed E-state index contributed by atoms with van der Waals surface area (Å²) in [5, 5.41) is 3.52. The van der Waals surface area contributed by atoms with E-state index in [4.69, 9.17) is 4.74 Å². The maximum Gasteiger partial charge on any atom is 0.0796 e. The maximum atomic E-state index is 5.82. The second-order valence-electron chi connectivity index (χ2n) is 4.86. The number of benzene rings is 1. The Kier molecular flexibility index (Phi) is 5.02. The van der Waals surface area contributed by atoms with Crippen LogP contribution < -0.4 is 5.32 Å². The third-order valence-electron chi connectivity index (χ3n) is 3.22. The van der Waals surface area contributed by atoms with Gasteiger partial charge in [-0.1, -0.05) is 30.3 Å². The van der Waals surface area contributed by atoms with Crippen molar-refractivity contribution in [3.05, 3.63) is 35.9 Å². The van der Waals surface area contributed by atoms with Crippen molar-refractivity contribution >= 4 is 0 Å². The van der Waals surface area contributed by atoms with Gasteiger partial charge in [0.1, 0.15) is 0 Å². The highest BCUT2D eigenvalue weighted by Gasteiger charge is 2.19. The topological polar surface area (TPSA) is 21.3 Å². The molecule has 1 N–H and O–H groups in total. The number of hydrogen-bond acceptors (Lipinski definition) is 2. The van der Waals surface area contributed by atoms with Crippen LogP contribution in [0.25, 0.3) is 0 Å². The Morgan fingerprint density at radius 1 is 1.24 bits per heavy atom. The zero-order valence-electron chi connectivity index (χ0n) is 10.7. The summed E-state index contributed by atoms with van der Waals surface area (Å²) < 4.78 is 5.82. The molecule has 0 heterocycles. The van der Waals surface area contributed by atoms with Crippen molar-refractivity contribution in [2.24, 2.45) is 0 Å². The van der Waals surface area contributed by atoms with Crippen LogP contribution in [0.4, 0.5) is 0 Å². The lowest BCUT2D eigenvalue weighted by Gasteiger charge is -2.13. The summed E-state index contributed by atoms with van der Waals surface area (Å²) in [7, 11) is 0. The zero-order chi connectivity index (χ0) is 11.9. The molecule has 17 heavy (non-hydrogen) atoms. The van der Waals surface area contributed by atoms with E-state index >= 15 is 0 Å². The van der Waals surface area contributed by atoms with Gasteiger partial charge in [0.2, 0.25) is 0 Å². The largest absolute Gasteiger partial charge is 0.374 e. The molecular formula is C15H23NO. The summed E-state index contributed by atoms with van der Waals surface area (Å²) in [4.78, 5) is 0. The molecule has 1 aliphatic carbocycles. The van der Waals surface area contributed by atoms with E-state index in [1.807, 2.05) is 6.07 Å². The number of rotatable bonds is 8. The van der Waals surface area contributed by atoms with E-state index in [-0.39, 0.29) is 6.10 Å². The molecule has 1 unspecified atom stereocenters. The molecule has 0 spiro atoms. The van der Waals surface area contributed by atoms with Crippen LogP contribution in [-0.4, -0.2) is 19.2 Å². The molecule has 1 aliphatic rings. The van der Waals surface area contributed by atoms with Crippen LogP contribution in [0, 0.1) is 0 Å². The van der Waals surface area contributed by atoms with E-state index in [1.165, 1.54) is 24.8 Å². The molecule has 0 radical (unpaired) electrons. The fourth-order valence-corrected chi connectivity index (χ4v) is 1.90. The van der Waals surface area contributed by atoms with Gasteiger partial charge in [-0.2, -0.15) is 0 Å². The maximum absolute atomic E-state index is 5.82. The van der Waals surface area contributed by atoms with Crippen molar-refractivity contribution in [3.8, 4) is 0 Å². The molecule has 0 amide bonds. The predicted octanol–water partition coefficient (Wildman–Crippen LogP) is 3.30. The van der Waals surface area contributed by atoms with E-state index in [2.05, 4.69) is 36.5 Å². The van der Waals surface area contributed by atoms with Gasteiger partial charge < -0.3 is 10.1 Å². The van der Waals surface area contributed by atoms with Gasteiger partial charge in [0.05, 0.1) is 6.10 Å². The standard InChI is InChI=1S/C15H23NO/c1-13(14-7-3-2-4-8-14)17-12-6-5-11-16-15-9-10-15/h2-4,7-8,13,15-16H,5-6,9-12H2,1H3. The Hall–Kier alpha value is -0.860. The van der Waals surface area contributed by atoms with Crippen LogP contribution >= 0.6 is 0 Å². The normalized spacial score (nSPS) is 17.0. The molecule has 94 valence electrons. The summed E-state index contributed by atoms with van der Waals surface area (Å²) in [5.74, 6) is 0. The molecule has 0 aliphatic heterocycles. The van der Waals surface area contributed by atoms with Gasteiger partial charge in [-0.3, -0.25) is 0 Å². The molecule has 1 atom stereocenters. The zero-order valence-corrected chi connectivity index (χ0v) is 10.7. The van der Waals surface area contributed by atoms with Crippen LogP contribution in [0.1, 0.15) is 44.3 Å². The Morgan fingerprint density at radius 3 is 2.71 bits per heavy atom. The van der Waals surface area contributed by atoms with E-state index < -0.39 is 0 Å². The molecule has 1 aromatic carbocycles. The van der Waals surface area contributed by atoms with Crippen molar-refractivity contribution in [2.45, 2.75) is 44.8 Å². The molecule has 0 aromatic heterocycles. The van der Waals surface area contributed by atoms with Crippen molar-refractivity contribution in [1.29, 1.82) is 0 Å². The Balaban J connectivity index is 1.52. The van der Waals surface area contributed by atoms with Gasteiger partial charge in [-0.05, 0) is 44.7 Å². The molecule has 0 saturated heterocycles. The van der Waals surface area contributed by atoms with Crippen molar-refractivity contribution in [2.75, 3.05) is 13.2 Å². The SMILES string of the molecule is CC(OCCCCNC1CC1)c1ccccc1. The van der Waals surface area contributed by atoms with E-state index in [0.29, 0.717) is 0 Å². The summed E-state index contributed by atoms with van der Waals surface area (Å²) in [5.41, 5.74) is 1.27. The van der Waals surface area contributed by atoms with Crippen molar-refractivity contribution < 1.29 is 4.74 Å². The number of nitrogens with one attached hydrogen (secondary N) is 1. The van der Waals surface area contributed by atoms with Gasteiger partial charge in [0.15, 0.2) is 0 Å². The molecule has 1 saturated carbocycles. The highest BCUT2D eigenvalue weighted by atomic mass is 16.5. The predicted molar refractivity (Wildman–Crippen MR) is 71.1 cm³/mol. The Labute approximate surface area is 104 Å². The fraction of sp³-hybridized carbons (Fsp3) is 0.600. The monoisotopic (exact) mass is 233 g/mol. The van der Waals surface area contributed by atoms with Gasteiger partial charge in [-0.15, -0.1) is 0 Å². The first-order chi connectivity index (χ1) is 8.36. The minimum absolute atomic E-state index is 0.215. The molecule has 2 nitrogen and oxygen atoms in total. The number of ether oxygens (including phenoxy) is 1. The second-order valence-corrected chi connectivity index (χ2v) is 4.86. The summed E-state index contributed by atoms with van der Waals surface area (Å²) in [6.45, 7) is 4.13. The lowest BCUT2D eigenvalue weighted by atomic mass is 10.1. The van der Waals surface area contributed by atoms with E-state index in [0.717, 1.165) is 25.6 Å². The van der Waals surface area contributed by atoms with Crippen molar-refractivity contribution in [3.63, 3.8) is 0 Å². The smallest absolute Gasteiger partial charge is 0.0796 e. The average molecular weight is 233 g/mol. The average Bonchev–Trinajstić information content (AvgIpc) is 3.18. The Bertz CT molecular complexity index is 308. The van der Waals surface area contributed by atoms with Crippen LogP contribution in [0.3, 0.4) is 0 Å². The van der Waals surface area contributed by atoms with Crippen LogP contribution in [0.2, 0.25) is 0 Å². The fourth-order valence-electron chi connectivity index (χ4n) is 1.90. The highest BCUT2D eigenvalue weighted by Crippen LogP contribution is 2.18. The van der Waals surface area contributed by atoms with Gasteiger partial charge in [-0.25, -0.2) is 0 Å². The van der Waals surface area contributed by atoms with Gasteiger partial charge >= 0.3 is 0 Å². The molecule has 1 aromatic rings. The first-order valence-corrected chi connectivity index (χ1v) is 6.76. The Morgan fingerprint density at radius 2 is 2.00 bits per heavy atom. The summed E-state index contributed by atoms with van der Waals surface area (Å²) in [6, 6.07) is 11.3. The lowest BCUT2D eigenvalue weighted by Crippen LogP contribution is -2.17. The lowest BCUT2D eigenvalue weighted by molar-refractivity contribution is 0.0631. The minimum atomic E-state index is 0.215. The molecule has 0 bridgehead atoms. The van der Waals surface area contributed by atoms with E-state index in [9.17, 15) is 0 Å². The molecular weight excluding hydrogens is 210 g/mol. The van der Waals surface area contributed by atoms with E-state index in [1.54, 1.807) is 0 Å². The van der Waals surface area contributed by atoms with Crippen LogP contribution in [0.5, 0.6) is 0 Å².